The summed E-state index contributed by atoms with van der Waals surface area (Å²) in [6.07, 6.45) is 6.67. The Bertz CT molecular complexity index is 489. The van der Waals surface area contributed by atoms with Crippen LogP contribution in [0.5, 0.6) is 0 Å². The van der Waals surface area contributed by atoms with Crippen molar-refractivity contribution in [3.05, 3.63) is 0 Å². The van der Waals surface area contributed by atoms with Crippen molar-refractivity contribution in [3.8, 4) is 0 Å². The van der Waals surface area contributed by atoms with E-state index in [0.29, 0.717) is 24.8 Å². The molecule has 0 aromatic carbocycles. The molecule has 1 N–H and O–H groups in total. The van der Waals surface area contributed by atoms with Crippen molar-refractivity contribution in [1.82, 2.24) is 4.90 Å². The topological polar surface area (TPSA) is 74.7 Å². The Labute approximate surface area is 120 Å². The van der Waals surface area contributed by atoms with Crippen LogP contribution in [0.4, 0.5) is 0 Å². The first-order valence-electron chi connectivity index (χ1n) is 7.68. The van der Waals surface area contributed by atoms with E-state index in [9.17, 15) is 18.3 Å². The van der Waals surface area contributed by atoms with Gasteiger partial charge < -0.3 is 5.11 Å². The third-order valence-electron chi connectivity index (χ3n) is 5.28. The van der Waals surface area contributed by atoms with Crippen LogP contribution in [0.1, 0.15) is 44.9 Å². The second kappa shape index (κ2) is 5.30. The minimum Gasteiger partial charge on any atom is -0.480 e. The first-order chi connectivity index (χ1) is 9.48. The van der Waals surface area contributed by atoms with E-state index in [0.717, 1.165) is 25.7 Å². The molecule has 5 nitrogen and oxygen atoms in total. The second-order valence-electron chi connectivity index (χ2n) is 6.56. The molecule has 3 rings (SSSR count). The molecule has 6 heteroatoms. The number of fused-ring (bicyclic) bond motifs is 1. The molecule has 0 radical (unpaired) electrons. The number of likely N-dealkylation sites (tertiary alicyclic amines) is 1. The minimum absolute atomic E-state index is 0.0806. The average molecular weight is 301 g/mol. The lowest BCUT2D eigenvalue weighted by atomic mass is 9.84. The monoisotopic (exact) mass is 301 g/mol. The molecule has 0 aromatic rings. The number of hydrogen-bond donors (Lipinski definition) is 1. The fourth-order valence-corrected chi connectivity index (χ4v) is 6.18. The molecular formula is C14H23NO4S. The summed E-state index contributed by atoms with van der Waals surface area (Å²) in [7, 11) is -2.99. The molecule has 0 bridgehead atoms. The van der Waals surface area contributed by atoms with Crippen LogP contribution in [0, 0.1) is 5.92 Å². The zero-order valence-corrected chi connectivity index (χ0v) is 12.5. The molecular weight excluding hydrogens is 278 g/mol. The predicted octanol–water partition coefficient (Wildman–Crippen LogP) is 1.28. The summed E-state index contributed by atoms with van der Waals surface area (Å²) in [5.41, 5.74) is 0. The quantitative estimate of drug-likeness (QED) is 0.831. The van der Waals surface area contributed by atoms with Crippen LogP contribution in [0.15, 0.2) is 0 Å². The van der Waals surface area contributed by atoms with Gasteiger partial charge in [-0.05, 0) is 38.0 Å². The number of nitrogens with zero attached hydrogens (tertiary/aromatic N) is 1. The first kappa shape index (κ1) is 14.3. The van der Waals surface area contributed by atoms with Crippen molar-refractivity contribution in [2.24, 2.45) is 5.92 Å². The summed E-state index contributed by atoms with van der Waals surface area (Å²) >= 11 is 0. The fourth-order valence-electron chi connectivity index (χ4n) is 4.48. The summed E-state index contributed by atoms with van der Waals surface area (Å²) in [6, 6.07) is -0.257. The van der Waals surface area contributed by atoms with Gasteiger partial charge in [0.2, 0.25) is 0 Å². The van der Waals surface area contributed by atoms with Gasteiger partial charge in [-0.1, -0.05) is 12.8 Å². The molecule has 20 heavy (non-hydrogen) atoms. The van der Waals surface area contributed by atoms with Crippen molar-refractivity contribution in [1.29, 1.82) is 0 Å². The van der Waals surface area contributed by atoms with Crippen molar-refractivity contribution in [2.75, 3.05) is 11.5 Å². The van der Waals surface area contributed by atoms with Gasteiger partial charge in [0.05, 0.1) is 11.5 Å². The number of carbonyl (C=O) groups is 1. The molecule has 0 spiro atoms. The number of carboxylic acid groups (broad SMARTS) is 1. The molecule has 3 aliphatic rings. The Balaban J connectivity index is 1.85. The Morgan fingerprint density at radius 2 is 1.85 bits per heavy atom. The van der Waals surface area contributed by atoms with E-state index in [2.05, 4.69) is 4.90 Å². The van der Waals surface area contributed by atoms with Crippen molar-refractivity contribution < 1.29 is 18.3 Å². The lowest BCUT2D eigenvalue weighted by Crippen LogP contribution is -2.52. The van der Waals surface area contributed by atoms with Crippen molar-refractivity contribution in [3.63, 3.8) is 0 Å². The molecule has 2 heterocycles. The maximum atomic E-state index is 11.9. The smallest absolute Gasteiger partial charge is 0.320 e. The van der Waals surface area contributed by atoms with Gasteiger partial charge in [-0.25, -0.2) is 8.42 Å². The Morgan fingerprint density at radius 3 is 2.55 bits per heavy atom. The molecule has 4 unspecified atom stereocenters. The summed E-state index contributed by atoms with van der Waals surface area (Å²) in [5, 5.41) is 9.50. The van der Waals surface area contributed by atoms with E-state index in [1.165, 1.54) is 6.42 Å². The van der Waals surface area contributed by atoms with E-state index in [1.807, 2.05) is 0 Å². The molecule has 2 saturated heterocycles. The molecule has 1 aliphatic carbocycles. The molecule has 3 fully saturated rings. The van der Waals surface area contributed by atoms with Crippen LogP contribution < -0.4 is 0 Å². The highest BCUT2D eigenvalue weighted by Crippen LogP contribution is 2.42. The summed E-state index contributed by atoms with van der Waals surface area (Å²) in [5.74, 6) is 0.0975. The van der Waals surface area contributed by atoms with Gasteiger partial charge in [-0.15, -0.1) is 0 Å². The number of sulfone groups is 1. The molecule has 114 valence electrons. The molecule has 4 atom stereocenters. The van der Waals surface area contributed by atoms with Crippen molar-refractivity contribution in [2.45, 2.75) is 63.1 Å². The molecule has 1 saturated carbocycles. The molecule has 0 amide bonds. The van der Waals surface area contributed by atoms with Gasteiger partial charge in [0.15, 0.2) is 9.84 Å². The SMILES string of the molecule is O=C(O)C1CC2CCCCC2N1C1CCCS(=O)(=O)C1. The fraction of sp³-hybridized carbons (Fsp3) is 0.929. The van der Waals surface area contributed by atoms with Crippen LogP contribution in [-0.2, 0) is 14.6 Å². The Morgan fingerprint density at radius 1 is 1.10 bits per heavy atom. The first-order valence-corrected chi connectivity index (χ1v) is 9.51. The standard InChI is InChI=1S/C14H23NO4S/c16-14(17)13-8-10-4-1-2-6-12(10)15(13)11-5-3-7-20(18,19)9-11/h10-13H,1-9H2,(H,16,17). The molecule has 2 aliphatic heterocycles. The van der Waals surface area contributed by atoms with E-state index in [4.69, 9.17) is 0 Å². The highest BCUT2D eigenvalue weighted by Gasteiger charge is 2.49. The van der Waals surface area contributed by atoms with E-state index >= 15 is 0 Å². The van der Waals surface area contributed by atoms with Gasteiger partial charge in [-0.3, -0.25) is 9.69 Å². The summed E-state index contributed by atoms with van der Waals surface area (Å²) in [6.45, 7) is 0. The van der Waals surface area contributed by atoms with Gasteiger partial charge in [0.1, 0.15) is 6.04 Å². The van der Waals surface area contributed by atoms with Gasteiger partial charge in [0.25, 0.3) is 0 Å². The largest absolute Gasteiger partial charge is 0.480 e. The second-order valence-corrected chi connectivity index (χ2v) is 8.79. The van der Waals surface area contributed by atoms with Gasteiger partial charge in [0, 0.05) is 12.1 Å². The lowest BCUT2D eigenvalue weighted by Gasteiger charge is -2.40. The zero-order chi connectivity index (χ0) is 14.3. The zero-order valence-electron chi connectivity index (χ0n) is 11.7. The maximum Gasteiger partial charge on any atom is 0.320 e. The summed E-state index contributed by atoms with van der Waals surface area (Å²) < 4.78 is 23.8. The third-order valence-corrected chi connectivity index (χ3v) is 7.09. The van der Waals surface area contributed by atoms with Crippen LogP contribution in [0.25, 0.3) is 0 Å². The normalized spacial score (nSPS) is 41.2. The van der Waals surface area contributed by atoms with Crippen LogP contribution >= 0.6 is 0 Å². The number of carboxylic acids is 1. The predicted molar refractivity (Wildman–Crippen MR) is 75.3 cm³/mol. The number of aliphatic carboxylic acids is 1. The average Bonchev–Trinajstić information content (AvgIpc) is 2.77. The van der Waals surface area contributed by atoms with E-state index < -0.39 is 21.8 Å². The van der Waals surface area contributed by atoms with Crippen LogP contribution in [-0.4, -0.2) is 54.0 Å². The van der Waals surface area contributed by atoms with E-state index in [-0.39, 0.29) is 17.5 Å². The summed E-state index contributed by atoms with van der Waals surface area (Å²) in [4.78, 5) is 13.6. The number of hydrogen-bond acceptors (Lipinski definition) is 4. The minimum atomic E-state index is -2.99. The highest BCUT2D eigenvalue weighted by atomic mass is 32.2. The van der Waals surface area contributed by atoms with Crippen molar-refractivity contribution >= 4 is 15.8 Å². The number of rotatable bonds is 2. The Kier molecular flexibility index (Phi) is 3.79. The maximum absolute atomic E-state index is 11.9. The lowest BCUT2D eigenvalue weighted by molar-refractivity contribution is -0.143. The highest BCUT2D eigenvalue weighted by molar-refractivity contribution is 7.91. The molecule has 0 aromatic heterocycles. The third kappa shape index (κ3) is 2.60. The van der Waals surface area contributed by atoms with Gasteiger partial charge in [-0.2, -0.15) is 0 Å². The van der Waals surface area contributed by atoms with Crippen LogP contribution in [0.2, 0.25) is 0 Å². The van der Waals surface area contributed by atoms with Crippen LogP contribution in [0.3, 0.4) is 0 Å². The van der Waals surface area contributed by atoms with E-state index in [1.54, 1.807) is 0 Å². The Hall–Kier alpha value is -0.620. The van der Waals surface area contributed by atoms with Gasteiger partial charge >= 0.3 is 5.97 Å².